The maximum absolute atomic E-state index is 14.5. The second kappa shape index (κ2) is 8.95. The number of Topliss-reactive ketones (excluding diaryl/α,β-unsaturated/α-hetero) is 2. The van der Waals surface area contributed by atoms with Crippen molar-refractivity contribution in [2.45, 2.75) is 44.7 Å². The van der Waals surface area contributed by atoms with E-state index >= 15 is 0 Å². The van der Waals surface area contributed by atoms with Gasteiger partial charge in [0.05, 0.1) is 18.0 Å². The van der Waals surface area contributed by atoms with E-state index in [0.29, 0.717) is 22.2 Å². The van der Waals surface area contributed by atoms with Crippen LogP contribution in [-0.2, 0) is 21.4 Å². The molecule has 3 aromatic carbocycles. The first-order valence-electron chi connectivity index (χ1n) is 13.0. The van der Waals surface area contributed by atoms with Crippen molar-refractivity contribution >= 4 is 46.5 Å². The Balaban J connectivity index is 1.58. The highest BCUT2D eigenvalue weighted by Gasteiger charge is 2.69. The van der Waals surface area contributed by atoms with Crippen LogP contribution in [0.5, 0.6) is 0 Å². The van der Waals surface area contributed by atoms with Gasteiger partial charge in [-0.25, -0.2) is 0 Å². The summed E-state index contributed by atoms with van der Waals surface area (Å²) in [5, 5.41) is 3.62. The van der Waals surface area contributed by atoms with Gasteiger partial charge in [0.1, 0.15) is 5.41 Å². The number of amides is 1. The van der Waals surface area contributed by atoms with E-state index < -0.39 is 23.4 Å². The third kappa shape index (κ3) is 3.48. The standard InChI is InChI=1S/C32H29ClN2O3/c1-18(2)16-20-8-10-21(11-9-20)30(37)28-29(19(3)36)35-26-14-13-23(33)17-22(26)12-15-27(35)32(28)24-6-4-5-7-25(24)34-31(32)38/h4-15,17-18,27-29H,16H2,1-3H3,(H,34,38)/t27-,28+,29+,32+/m0/s1. The van der Waals surface area contributed by atoms with Crippen LogP contribution in [0.15, 0.2) is 72.8 Å². The molecule has 192 valence electrons. The van der Waals surface area contributed by atoms with E-state index in [0.717, 1.165) is 28.8 Å². The highest BCUT2D eigenvalue weighted by atomic mass is 35.5. The van der Waals surface area contributed by atoms with Gasteiger partial charge in [-0.15, -0.1) is 0 Å². The maximum Gasteiger partial charge on any atom is 0.238 e. The first kappa shape index (κ1) is 24.6. The van der Waals surface area contributed by atoms with Gasteiger partial charge in [-0.1, -0.05) is 80.1 Å². The van der Waals surface area contributed by atoms with Crippen LogP contribution in [0, 0.1) is 11.8 Å². The second-order valence-corrected chi connectivity index (χ2v) is 11.4. The second-order valence-electron chi connectivity index (χ2n) is 11.0. The number of carbonyl (C=O) groups is 3. The summed E-state index contributed by atoms with van der Waals surface area (Å²) in [4.78, 5) is 44.1. The lowest BCUT2D eigenvalue weighted by Gasteiger charge is -2.37. The lowest BCUT2D eigenvalue weighted by atomic mass is 9.64. The van der Waals surface area contributed by atoms with Crippen molar-refractivity contribution in [3.63, 3.8) is 0 Å². The fourth-order valence-corrected chi connectivity index (χ4v) is 6.94. The van der Waals surface area contributed by atoms with Gasteiger partial charge in [0.25, 0.3) is 0 Å². The predicted octanol–water partition coefficient (Wildman–Crippen LogP) is 6.10. The molecule has 3 heterocycles. The average molecular weight is 525 g/mol. The molecular formula is C32H29ClN2O3. The van der Waals surface area contributed by atoms with Crippen molar-refractivity contribution in [2.24, 2.45) is 11.8 Å². The van der Waals surface area contributed by atoms with Crippen LogP contribution in [0.3, 0.4) is 0 Å². The van der Waals surface area contributed by atoms with Crippen molar-refractivity contribution in [1.29, 1.82) is 0 Å². The Hall–Kier alpha value is -3.70. The van der Waals surface area contributed by atoms with Gasteiger partial charge in [-0.3, -0.25) is 14.4 Å². The van der Waals surface area contributed by atoms with Crippen molar-refractivity contribution in [2.75, 3.05) is 10.2 Å². The summed E-state index contributed by atoms with van der Waals surface area (Å²) < 4.78 is 0. The van der Waals surface area contributed by atoms with Gasteiger partial charge in [-0.05, 0) is 60.2 Å². The Kier molecular flexibility index (Phi) is 5.80. The quantitative estimate of drug-likeness (QED) is 0.409. The van der Waals surface area contributed by atoms with Crippen LogP contribution < -0.4 is 10.2 Å². The van der Waals surface area contributed by atoms with Crippen molar-refractivity contribution in [3.05, 3.63) is 100 Å². The van der Waals surface area contributed by atoms with Gasteiger partial charge in [0.15, 0.2) is 11.6 Å². The largest absolute Gasteiger partial charge is 0.352 e. The monoisotopic (exact) mass is 524 g/mol. The van der Waals surface area contributed by atoms with E-state index in [-0.39, 0.29) is 17.5 Å². The van der Waals surface area contributed by atoms with Gasteiger partial charge in [-0.2, -0.15) is 0 Å². The number of hydrogen-bond acceptors (Lipinski definition) is 4. The molecule has 3 aliphatic heterocycles. The SMILES string of the molecule is CC(=O)[C@@H]1[C@H](C(=O)c2ccc(CC(C)C)cc2)[C@]2(C(=O)Nc3ccccc32)[C@@H]2C=Cc3cc(Cl)ccc3N12. The van der Waals surface area contributed by atoms with Crippen LogP contribution in [0.25, 0.3) is 6.08 Å². The minimum Gasteiger partial charge on any atom is -0.352 e. The average Bonchev–Trinajstić information content (AvgIpc) is 3.36. The molecule has 0 saturated carbocycles. The molecule has 0 unspecified atom stereocenters. The van der Waals surface area contributed by atoms with Crippen molar-refractivity contribution < 1.29 is 14.4 Å². The van der Waals surface area contributed by atoms with Crippen LogP contribution in [0.2, 0.25) is 5.02 Å². The number of carbonyl (C=O) groups excluding carboxylic acids is 3. The first-order chi connectivity index (χ1) is 18.2. The van der Waals surface area contributed by atoms with E-state index in [4.69, 9.17) is 11.6 Å². The van der Waals surface area contributed by atoms with Crippen molar-refractivity contribution in [1.82, 2.24) is 0 Å². The van der Waals surface area contributed by atoms with Crippen LogP contribution in [0.1, 0.15) is 47.8 Å². The number of anilines is 2. The molecule has 0 aliphatic carbocycles. The molecule has 0 radical (unpaired) electrons. The van der Waals surface area contributed by atoms with Gasteiger partial charge < -0.3 is 10.2 Å². The minimum atomic E-state index is -1.27. The van der Waals surface area contributed by atoms with E-state index in [1.165, 1.54) is 6.92 Å². The fourth-order valence-electron chi connectivity index (χ4n) is 6.76. The highest BCUT2D eigenvalue weighted by Crippen LogP contribution is 2.57. The zero-order valence-electron chi connectivity index (χ0n) is 21.6. The molecule has 6 heteroatoms. The number of benzene rings is 3. The Morgan fingerprint density at radius 1 is 1.05 bits per heavy atom. The number of para-hydroxylation sites is 1. The first-order valence-corrected chi connectivity index (χ1v) is 13.4. The van der Waals surface area contributed by atoms with Crippen LogP contribution >= 0.6 is 11.6 Å². The summed E-state index contributed by atoms with van der Waals surface area (Å²) >= 11 is 6.29. The topological polar surface area (TPSA) is 66.5 Å². The molecule has 1 spiro atoms. The molecule has 5 nitrogen and oxygen atoms in total. The smallest absolute Gasteiger partial charge is 0.238 e. The molecule has 1 amide bonds. The summed E-state index contributed by atoms with van der Waals surface area (Å²) in [5.41, 5.74) is 3.47. The van der Waals surface area contributed by atoms with Gasteiger partial charge in [0, 0.05) is 22.0 Å². The molecule has 1 fully saturated rings. The molecule has 4 atom stereocenters. The molecular weight excluding hydrogens is 496 g/mol. The molecule has 3 aliphatic rings. The van der Waals surface area contributed by atoms with E-state index in [1.807, 2.05) is 77.7 Å². The number of halogens is 1. The summed E-state index contributed by atoms with van der Waals surface area (Å²) in [7, 11) is 0. The fraction of sp³-hybridized carbons (Fsp3) is 0.281. The molecule has 6 rings (SSSR count). The number of hydrogen-bond donors (Lipinski definition) is 1. The molecule has 1 saturated heterocycles. The molecule has 38 heavy (non-hydrogen) atoms. The number of nitrogens with one attached hydrogen (secondary N) is 1. The van der Waals surface area contributed by atoms with Crippen LogP contribution in [0.4, 0.5) is 11.4 Å². The summed E-state index contributed by atoms with van der Waals surface area (Å²) in [6, 6.07) is 19.3. The maximum atomic E-state index is 14.5. The summed E-state index contributed by atoms with van der Waals surface area (Å²) in [6.45, 7) is 5.83. The number of rotatable bonds is 5. The van der Waals surface area contributed by atoms with Crippen molar-refractivity contribution in [3.8, 4) is 0 Å². The van der Waals surface area contributed by atoms with E-state index in [2.05, 4.69) is 19.2 Å². The third-order valence-corrected chi connectivity index (χ3v) is 8.41. The number of fused-ring (bicyclic) bond motifs is 6. The molecule has 0 bridgehead atoms. The summed E-state index contributed by atoms with van der Waals surface area (Å²) in [6.07, 6.45) is 4.81. The Morgan fingerprint density at radius 2 is 1.79 bits per heavy atom. The lowest BCUT2D eigenvalue weighted by Crippen LogP contribution is -2.51. The third-order valence-electron chi connectivity index (χ3n) is 8.18. The zero-order valence-corrected chi connectivity index (χ0v) is 22.3. The molecule has 1 N–H and O–H groups in total. The zero-order chi connectivity index (χ0) is 26.8. The minimum absolute atomic E-state index is 0.157. The Morgan fingerprint density at radius 3 is 2.50 bits per heavy atom. The number of ketones is 2. The number of nitrogens with zero attached hydrogens (tertiary/aromatic N) is 1. The molecule has 3 aromatic rings. The Labute approximate surface area is 227 Å². The normalized spacial score (nSPS) is 24.8. The van der Waals surface area contributed by atoms with E-state index in [9.17, 15) is 14.4 Å². The van der Waals surface area contributed by atoms with Gasteiger partial charge in [0.2, 0.25) is 5.91 Å². The summed E-state index contributed by atoms with van der Waals surface area (Å²) in [5.74, 6) is -1.04. The van der Waals surface area contributed by atoms with Gasteiger partial charge >= 0.3 is 0 Å². The lowest BCUT2D eigenvalue weighted by molar-refractivity contribution is -0.122. The molecule has 0 aromatic heterocycles. The predicted molar refractivity (Wildman–Crippen MR) is 151 cm³/mol. The highest BCUT2D eigenvalue weighted by molar-refractivity contribution is 6.31. The van der Waals surface area contributed by atoms with Crippen LogP contribution in [-0.4, -0.2) is 29.6 Å². The Bertz CT molecular complexity index is 1510. The van der Waals surface area contributed by atoms with E-state index in [1.54, 1.807) is 6.07 Å².